The van der Waals surface area contributed by atoms with Crippen molar-refractivity contribution >= 4 is 11.6 Å². The minimum absolute atomic E-state index is 0.00883. The molecule has 5 heteroatoms. The smallest absolute Gasteiger partial charge is 0.226 e. The van der Waals surface area contributed by atoms with Crippen molar-refractivity contribution in [1.29, 1.82) is 0 Å². The summed E-state index contributed by atoms with van der Waals surface area (Å²) >= 11 is 0. The van der Waals surface area contributed by atoms with Crippen molar-refractivity contribution in [2.75, 3.05) is 18.0 Å². The second-order valence-electron chi connectivity index (χ2n) is 10.7. The van der Waals surface area contributed by atoms with E-state index in [4.69, 9.17) is 11.7 Å². The van der Waals surface area contributed by atoms with Crippen LogP contribution >= 0.6 is 0 Å². The number of piperidine rings is 1. The molecule has 6 rings (SSSR count). The monoisotopic (exact) mass is 476 g/mol. The molecule has 1 aromatic heterocycles. The lowest BCUT2D eigenvalue weighted by atomic mass is 9.58. The Kier molecular flexibility index (Phi) is 5.56. The van der Waals surface area contributed by atoms with Gasteiger partial charge in [-0.3, -0.25) is 0 Å². The number of anilines is 1. The fourth-order valence-corrected chi connectivity index (χ4v) is 6.77. The van der Waals surface area contributed by atoms with Crippen molar-refractivity contribution in [1.82, 2.24) is 9.78 Å². The lowest BCUT2D eigenvalue weighted by molar-refractivity contribution is -0.121. The fraction of sp³-hybridized carbons (Fsp3) is 0.387. The highest BCUT2D eigenvalue weighted by Gasteiger charge is 2.51. The average Bonchev–Trinajstić information content (AvgIpc) is 3.33. The van der Waals surface area contributed by atoms with Gasteiger partial charge in [0.05, 0.1) is 18.0 Å². The molecule has 5 nitrogen and oxygen atoms in total. The van der Waals surface area contributed by atoms with E-state index in [1.54, 1.807) is 0 Å². The van der Waals surface area contributed by atoms with Crippen LogP contribution < -0.4 is 4.90 Å². The SMILES string of the molecule is [C-]#[N+]C1=C[C@@]2(C)c3c(c(N4CCCCC4)nn3-c3ccc(-c4ccccc4)cc3)CC[C@@H]2[C@@H](C)C1=O. The first kappa shape index (κ1) is 22.8. The summed E-state index contributed by atoms with van der Waals surface area (Å²) < 4.78 is 2.13. The standard InChI is InChI=1S/C31H32N4O/c1-21-26-17-16-25-29(31(26,2)20-27(32-3)28(21)36)35(33-30(25)34-18-8-5-9-19-34)24-14-12-23(13-15-24)22-10-6-4-7-11-22/h4,6-7,10-15,20-21,26H,5,8-9,16-19H2,1-2H3/t21-,26-,31-/m1/s1. The predicted octanol–water partition coefficient (Wildman–Crippen LogP) is 6.37. The number of benzene rings is 2. The highest BCUT2D eigenvalue weighted by atomic mass is 16.1. The number of fused-ring (bicyclic) bond motifs is 3. The summed E-state index contributed by atoms with van der Waals surface area (Å²) in [6.45, 7) is 14.0. The number of allylic oxidation sites excluding steroid dienone is 2. The Balaban J connectivity index is 1.53. The number of hydrogen-bond acceptors (Lipinski definition) is 3. The number of nitrogens with zero attached hydrogens (tertiary/aromatic N) is 4. The minimum atomic E-state index is -0.417. The molecule has 2 heterocycles. The molecule has 3 atom stereocenters. The molecule has 36 heavy (non-hydrogen) atoms. The highest BCUT2D eigenvalue weighted by Crippen LogP contribution is 2.52. The van der Waals surface area contributed by atoms with Gasteiger partial charge < -0.3 is 9.69 Å². The highest BCUT2D eigenvalue weighted by molar-refractivity contribution is 6.00. The number of hydrogen-bond donors (Lipinski definition) is 0. The van der Waals surface area contributed by atoms with Gasteiger partial charge in [-0.1, -0.05) is 62.4 Å². The van der Waals surface area contributed by atoms with E-state index < -0.39 is 5.41 Å². The topological polar surface area (TPSA) is 42.5 Å². The van der Waals surface area contributed by atoms with Crippen LogP contribution in [0.5, 0.6) is 0 Å². The van der Waals surface area contributed by atoms with Crippen LogP contribution in [0.3, 0.4) is 0 Å². The Labute approximate surface area is 213 Å². The van der Waals surface area contributed by atoms with Crippen LogP contribution in [0.4, 0.5) is 5.82 Å². The second kappa shape index (κ2) is 8.78. The quantitative estimate of drug-likeness (QED) is 0.413. The third kappa shape index (κ3) is 3.51. The van der Waals surface area contributed by atoms with Gasteiger partial charge in [-0.25, -0.2) is 9.53 Å². The molecular weight excluding hydrogens is 444 g/mol. The third-order valence-corrected chi connectivity index (χ3v) is 8.65. The molecule has 182 valence electrons. The average molecular weight is 477 g/mol. The van der Waals surface area contributed by atoms with Crippen LogP contribution in [0.1, 0.15) is 50.8 Å². The Morgan fingerprint density at radius 3 is 2.39 bits per heavy atom. The zero-order valence-electron chi connectivity index (χ0n) is 21.1. The predicted molar refractivity (Wildman–Crippen MR) is 143 cm³/mol. The summed E-state index contributed by atoms with van der Waals surface area (Å²) in [6, 6.07) is 19.0. The molecule has 0 spiro atoms. The van der Waals surface area contributed by atoms with Gasteiger partial charge >= 0.3 is 0 Å². The number of carbonyl (C=O) groups is 1. The molecule has 3 aromatic rings. The van der Waals surface area contributed by atoms with Gasteiger partial charge in [-0.2, -0.15) is 0 Å². The van der Waals surface area contributed by atoms with Crippen molar-refractivity contribution in [2.45, 2.75) is 51.4 Å². The van der Waals surface area contributed by atoms with Gasteiger partial charge in [0, 0.05) is 30.0 Å². The molecular formula is C31H32N4O. The van der Waals surface area contributed by atoms with E-state index in [0.717, 1.165) is 43.1 Å². The normalized spacial score (nSPS) is 25.5. The molecule has 1 saturated heterocycles. The molecule has 2 aromatic carbocycles. The first-order chi connectivity index (χ1) is 17.5. The van der Waals surface area contributed by atoms with Gasteiger partial charge in [0.1, 0.15) is 0 Å². The molecule has 0 unspecified atom stereocenters. The fourth-order valence-electron chi connectivity index (χ4n) is 6.77. The summed E-state index contributed by atoms with van der Waals surface area (Å²) in [5, 5.41) is 5.27. The number of carbonyl (C=O) groups excluding carboxylic acids is 1. The molecule has 2 aliphatic carbocycles. The largest absolute Gasteiger partial charge is 0.355 e. The minimum Gasteiger partial charge on any atom is -0.355 e. The lowest BCUT2D eigenvalue weighted by Crippen LogP contribution is -2.46. The zero-order valence-corrected chi connectivity index (χ0v) is 21.1. The van der Waals surface area contributed by atoms with Crippen molar-refractivity contribution in [2.24, 2.45) is 11.8 Å². The van der Waals surface area contributed by atoms with Crippen LogP contribution in [0.15, 0.2) is 66.4 Å². The first-order valence-electron chi connectivity index (χ1n) is 13.2. The Morgan fingerprint density at radius 2 is 1.69 bits per heavy atom. The molecule has 0 amide bonds. The van der Waals surface area contributed by atoms with Gasteiger partial charge in [0.25, 0.3) is 0 Å². The number of Topliss-reactive ketones (excluding diaryl/α,β-unsaturated/α-hetero) is 1. The van der Waals surface area contributed by atoms with Crippen molar-refractivity contribution < 1.29 is 4.79 Å². The molecule has 0 saturated carbocycles. The van der Waals surface area contributed by atoms with Crippen molar-refractivity contribution in [3.05, 3.63) is 89.0 Å². The molecule has 1 aliphatic heterocycles. The van der Waals surface area contributed by atoms with E-state index in [1.807, 2.05) is 19.1 Å². The maximum atomic E-state index is 12.9. The lowest BCUT2D eigenvalue weighted by Gasteiger charge is -2.46. The second-order valence-corrected chi connectivity index (χ2v) is 10.7. The number of ketones is 1. The van der Waals surface area contributed by atoms with E-state index in [2.05, 4.69) is 69.9 Å². The summed E-state index contributed by atoms with van der Waals surface area (Å²) in [4.78, 5) is 19.0. The van der Waals surface area contributed by atoms with Crippen LogP contribution in [0.25, 0.3) is 21.7 Å². The van der Waals surface area contributed by atoms with E-state index in [1.165, 1.54) is 36.0 Å². The van der Waals surface area contributed by atoms with Crippen molar-refractivity contribution in [3.63, 3.8) is 0 Å². The summed E-state index contributed by atoms with van der Waals surface area (Å²) in [6.07, 6.45) is 7.49. The first-order valence-corrected chi connectivity index (χ1v) is 13.2. The van der Waals surface area contributed by atoms with Gasteiger partial charge in [0.2, 0.25) is 5.70 Å². The molecule has 3 aliphatic rings. The molecule has 1 fully saturated rings. The van der Waals surface area contributed by atoms with Gasteiger partial charge in [-0.05, 0) is 61.3 Å². The van der Waals surface area contributed by atoms with Crippen LogP contribution in [-0.2, 0) is 16.6 Å². The van der Waals surface area contributed by atoms with Gasteiger partial charge in [-0.15, -0.1) is 5.10 Å². The van der Waals surface area contributed by atoms with Crippen LogP contribution in [-0.4, -0.2) is 28.7 Å². The molecule has 0 N–H and O–H groups in total. The Bertz CT molecular complexity index is 1370. The molecule has 0 radical (unpaired) electrons. The number of aromatic nitrogens is 2. The van der Waals surface area contributed by atoms with Gasteiger partial charge in [0.15, 0.2) is 11.6 Å². The maximum Gasteiger partial charge on any atom is 0.226 e. The summed E-state index contributed by atoms with van der Waals surface area (Å²) in [5.74, 6) is 1.08. The van der Waals surface area contributed by atoms with E-state index in [9.17, 15) is 4.79 Å². The van der Waals surface area contributed by atoms with Crippen LogP contribution in [0.2, 0.25) is 0 Å². The van der Waals surface area contributed by atoms with E-state index in [-0.39, 0.29) is 23.3 Å². The summed E-state index contributed by atoms with van der Waals surface area (Å²) in [5.41, 5.74) is 5.71. The Hall–Kier alpha value is -3.65. The van der Waals surface area contributed by atoms with Crippen LogP contribution in [0, 0.1) is 18.4 Å². The molecule has 0 bridgehead atoms. The van der Waals surface area contributed by atoms with Crippen molar-refractivity contribution in [3.8, 4) is 16.8 Å². The Morgan fingerprint density at radius 1 is 1.00 bits per heavy atom. The third-order valence-electron chi connectivity index (χ3n) is 8.65. The zero-order chi connectivity index (χ0) is 24.9. The summed E-state index contributed by atoms with van der Waals surface area (Å²) in [7, 11) is 0. The maximum absolute atomic E-state index is 12.9. The van der Waals surface area contributed by atoms with E-state index in [0.29, 0.717) is 0 Å². The van der Waals surface area contributed by atoms with E-state index >= 15 is 0 Å². The number of rotatable bonds is 3.